The van der Waals surface area contributed by atoms with Gasteiger partial charge in [-0.3, -0.25) is 4.79 Å². The fourth-order valence-corrected chi connectivity index (χ4v) is 3.75. The predicted octanol–water partition coefficient (Wildman–Crippen LogP) is 3.15. The molecule has 0 fully saturated rings. The van der Waals surface area contributed by atoms with Gasteiger partial charge >= 0.3 is 0 Å². The van der Waals surface area contributed by atoms with Gasteiger partial charge in [-0.15, -0.1) is 0 Å². The highest BCUT2D eigenvalue weighted by Gasteiger charge is 2.22. The smallest absolute Gasteiger partial charge is 0.242 e. The van der Waals surface area contributed by atoms with Crippen molar-refractivity contribution in [3.8, 4) is 0 Å². The van der Waals surface area contributed by atoms with Crippen LogP contribution in [0.2, 0.25) is 0 Å². The van der Waals surface area contributed by atoms with Crippen molar-refractivity contribution in [2.75, 3.05) is 5.32 Å². The molecule has 0 saturated heterocycles. The molecule has 0 saturated carbocycles. The Bertz CT molecular complexity index is 996. The molecule has 1 atom stereocenters. The van der Waals surface area contributed by atoms with E-state index in [1.165, 1.54) is 19.1 Å². The minimum Gasteiger partial charge on any atom is -0.324 e. The molecule has 0 spiro atoms. The Hall–Kier alpha value is -2.70. The molecule has 0 aliphatic carbocycles. The standard InChI is InChI=1S/C19H18N2O3S/c1-14(21-25(23,24)16-10-3-2-4-11-16)19(22)20-18-13-7-9-15-8-5-6-12-17(15)18/h2-14,21H,1H3,(H,20,22). The molecule has 1 unspecified atom stereocenters. The first-order chi connectivity index (χ1) is 12.0. The van der Waals surface area contributed by atoms with Crippen molar-refractivity contribution in [2.45, 2.75) is 17.9 Å². The van der Waals surface area contributed by atoms with Gasteiger partial charge in [0, 0.05) is 11.1 Å². The molecule has 3 rings (SSSR count). The zero-order valence-electron chi connectivity index (χ0n) is 13.6. The van der Waals surface area contributed by atoms with E-state index in [2.05, 4.69) is 10.0 Å². The van der Waals surface area contributed by atoms with Gasteiger partial charge in [-0.1, -0.05) is 54.6 Å². The minimum absolute atomic E-state index is 0.125. The van der Waals surface area contributed by atoms with Crippen molar-refractivity contribution >= 4 is 32.4 Å². The Kier molecular flexibility index (Phi) is 4.83. The zero-order chi connectivity index (χ0) is 17.9. The van der Waals surface area contributed by atoms with E-state index >= 15 is 0 Å². The number of carbonyl (C=O) groups is 1. The van der Waals surface area contributed by atoms with Crippen molar-refractivity contribution < 1.29 is 13.2 Å². The van der Waals surface area contributed by atoms with E-state index in [1.54, 1.807) is 24.3 Å². The van der Waals surface area contributed by atoms with Crippen molar-refractivity contribution in [1.82, 2.24) is 4.72 Å². The van der Waals surface area contributed by atoms with Crippen LogP contribution in [0.1, 0.15) is 6.92 Å². The second kappa shape index (κ2) is 7.04. The second-order valence-electron chi connectivity index (χ2n) is 5.67. The SMILES string of the molecule is CC(NS(=O)(=O)c1ccccc1)C(=O)Nc1cccc2ccccc12. The van der Waals surface area contributed by atoms with Gasteiger partial charge in [-0.25, -0.2) is 8.42 Å². The van der Waals surface area contributed by atoms with Crippen molar-refractivity contribution in [3.63, 3.8) is 0 Å². The third-order valence-electron chi connectivity index (χ3n) is 3.83. The number of benzene rings is 3. The van der Waals surface area contributed by atoms with Gasteiger partial charge in [0.15, 0.2) is 0 Å². The molecule has 2 N–H and O–H groups in total. The Morgan fingerprint density at radius 1 is 0.880 bits per heavy atom. The average molecular weight is 354 g/mol. The third-order valence-corrected chi connectivity index (χ3v) is 5.38. The largest absolute Gasteiger partial charge is 0.324 e. The molecule has 0 bridgehead atoms. The first-order valence-electron chi connectivity index (χ1n) is 7.83. The molecular formula is C19H18N2O3S. The summed E-state index contributed by atoms with van der Waals surface area (Å²) >= 11 is 0. The molecule has 1 amide bonds. The van der Waals surface area contributed by atoms with E-state index in [-0.39, 0.29) is 4.90 Å². The molecule has 25 heavy (non-hydrogen) atoms. The number of anilines is 1. The van der Waals surface area contributed by atoms with Crippen LogP contribution < -0.4 is 10.0 Å². The van der Waals surface area contributed by atoms with Crippen LogP contribution in [-0.4, -0.2) is 20.4 Å². The maximum atomic E-state index is 12.4. The summed E-state index contributed by atoms with van der Waals surface area (Å²) in [6.07, 6.45) is 0. The second-order valence-corrected chi connectivity index (χ2v) is 7.39. The Morgan fingerprint density at radius 2 is 1.52 bits per heavy atom. The van der Waals surface area contributed by atoms with Crippen molar-refractivity contribution in [2.24, 2.45) is 0 Å². The summed E-state index contributed by atoms with van der Waals surface area (Å²) in [5.41, 5.74) is 0.647. The monoisotopic (exact) mass is 354 g/mol. The van der Waals surface area contributed by atoms with Crippen LogP contribution in [0.4, 0.5) is 5.69 Å². The number of carbonyl (C=O) groups excluding carboxylic acids is 1. The highest BCUT2D eigenvalue weighted by molar-refractivity contribution is 7.89. The van der Waals surface area contributed by atoms with Crippen LogP contribution in [0.15, 0.2) is 77.7 Å². The van der Waals surface area contributed by atoms with Gasteiger partial charge in [0.1, 0.15) is 0 Å². The lowest BCUT2D eigenvalue weighted by Crippen LogP contribution is -2.41. The van der Waals surface area contributed by atoms with Crippen LogP contribution in [-0.2, 0) is 14.8 Å². The molecular weight excluding hydrogens is 336 g/mol. The molecule has 0 aliphatic rings. The van der Waals surface area contributed by atoms with Crippen LogP contribution in [0.5, 0.6) is 0 Å². The molecule has 6 heteroatoms. The molecule has 128 valence electrons. The summed E-state index contributed by atoms with van der Waals surface area (Å²) in [6, 6.07) is 20.3. The molecule has 0 aliphatic heterocycles. The summed E-state index contributed by atoms with van der Waals surface area (Å²) in [4.78, 5) is 12.6. The molecule has 5 nitrogen and oxygen atoms in total. The van der Waals surface area contributed by atoms with Crippen LogP contribution in [0.3, 0.4) is 0 Å². The summed E-state index contributed by atoms with van der Waals surface area (Å²) in [7, 11) is -3.75. The van der Waals surface area contributed by atoms with Crippen molar-refractivity contribution in [3.05, 3.63) is 72.8 Å². The quantitative estimate of drug-likeness (QED) is 0.739. The van der Waals surface area contributed by atoms with E-state index in [0.29, 0.717) is 5.69 Å². The van der Waals surface area contributed by atoms with Crippen LogP contribution in [0.25, 0.3) is 10.8 Å². The fraction of sp³-hybridized carbons (Fsp3) is 0.105. The van der Waals surface area contributed by atoms with E-state index in [0.717, 1.165) is 10.8 Å². The molecule has 3 aromatic carbocycles. The normalized spacial score (nSPS) is 12.7. The fourth-order valence-electron chi connectivity index (χ4n) is 2.53. The Balaban J connectivity index is 1.77. The number of hydrogen-bond acceptors (Lipinski definition) is 3. The van der Waals surface area contributed by atoms with E-state index in [1.807, 2.05) is 36.4 Å². The number of fused-ring (bicyclic) bond motifs is 1. The first kappa shape index (κ1) is 17.1. The summed E-state index contributed by atoms with van der Waals surface area (Å²) in [5.74, 6) is -0.421. The maximum absolute atomic E-state index is 12.4. The van der Waals surface area contributed by atoms with Crippen LogP contribution >= 0.6 is 0 Å². The van der Waals surface area contributed by atoms with Gasteiger partial charge in [-0.05, 0) is 30.5 Å². The molecule has 0 radical (unpaired) electrons. The summed E-state index contributed by atoms with van der Waals surface area (Å²) < 4.78 is 27.0. The third kappa shape index (κ3) is 3.87. The molecule has 3 aromatic rings. The highest BCUT2D eigenvalue weighted by atomic mass is 32.2. The lowest BCUT2D eigenvalue weighted by molar-refractivity contribution is -0.117. The average Bonchev–Trinajstić information content (AvgIpc) is 2.62. The Labute approximate surface area is 146 Å². The summed E-state index contributed by atoms with van der Waals surface area (Å²) in [5, 5.41) is 4.69. The van der Waals surface area contributed by atoms with Gasteiger partial charge in [0.2, 0.25) is 15.9 Å². The Morgan fingerprint density at radius 3 is 2.28 bits per heavy atom. The van der Waals surface area contributed by atoms with E-state index in [9.17, 15) is 13.2 Å². The molecule has 0 aromatic heterocycles. The highest BCUT2D eigenvalue weighted by Crippen LogP contribution is 2.23. The predicted molar refractivity (Wildman–Crippen MR) is 98.8 cm³/mol. The number of rotatable bonds is 5. The lowest BCUT2D eigenvalue weighted by atomic mass is 10.1. The van der Waals surface area contributed by atoms with Gasteiger partial charge < -0.3 is 5.32 Å². The molecule has 0 heterocycles. The lowest BCUT2D eigenvalue weighted by Gasteiger charge is -2.15. The van der Waals surface area contributed by atoms with Crippen LogP contribution in [0, 0.1) is 0 Å². The van der Waals surface area contributed by atoms with Gasteiger partial charge in [0.05, 0.1) is 10.9 Å². The van der Waals surface area contributed by atoms with E-state index in [4.69, 9.17) is 0 Å². The first-order valence-corrected chi connectivity index (χ1v) is 9.32. The van der Waals surface area contributed by atoms with E-state index < -0.39 is 22.0 Å². The number of amides is 1. The topological polar surface area (TPSA) is 75.3 Å². The van der Waals surface area contributed by atoms with Crippen molar-refractivity contribution in [1.29, 1.82) is 0 Å². The number of hydrogen-bond donors (Lipinski definition) is 2. The summed E-state index contributed by atoms with van der Waals surface area (Å²) in [6.45, 7) is 1.51. The number of sulfonamides is 1. The number of nitrogens with one attached hydrogen (secondary N) is 2. The van der Waals surface area contributed by atoms with Gasteiger partial charge in [0.25, 0.3) is 0 Å². The zero-order valence-corrected chi connectivity index (χ0v) is 14.5. The van der Waals surface area contributed by atoms with Gasteiger partial charge in [-0.2, -0.15) is 4.72 Å². The maximum Gasteiger partial charge on any atom is 0.242 e. The minimum atomic E-state index is -3.75.